The molecule has 6 nitrogen and oxygen atoms in total. The van der Waals surface area contributed by atoms with Crippen LogP contribution in [0.15, 0.2) is 54.6 Å². The smallest absolute Gasteiger partial charge is 0.254 e. The van der Waals surface area contributed by atoms with E-state index < -0.39 is 0 Å². The first-order valence-corrected chi connectivity index (χ1v) is 11.0. The third-order valence-corrected chi connectivity index (χ3v) is 6.08. The van der Waals surface area contributed by atoms with Crippen molar-refractivity contribution in [3.8, 4) is 0 Å². The van der Waals surface area contributed by atoms with Crippen LogP contribution in [0.25, 0.3) is 10.9 Å². The van der Waals surface area contributed by atoms with E-state index in [1.54, 1.807) is 0 Å². The third-order valence-electron chi connectivity index (χ3n) is 6.08. The van der Waals surface area contributed by atoms with E-state index in [4.69, 9.17) is 4.74 Å². The van der Waals surface area contributed by atoms with Gasteiger partial charge in [0.05, 0.1) is 31.4 Å². The summed E-state index contributed by atoms with van der Waals surface area (Å²) in [4.78, 5) is 15.7. The molecule has 1 aliphatic rings. The van der Waals surface area contributed by atoms with Crippen molar-refractivity contribution < 1.29 is 14.6 Å². The summed E-state index contributed by atoms with van der Waals surface area (Å²) in [6.07, 6.45) is 0.595. The molecule has 1 aliphatic heterocycles. The van der Waals surface area contributed by atoms with Crippen molar-refractivity contribution in [3.05, 3.63) is 71.4 Å². The Morgan fingerprint density at radius 2 is 1.77 bits per heavy atom. The molecule has 0 radical (unpaired) electrons. The first-order valence-electron chi connectivity index (χ1n) is 11.0. The molecular weight excluding hydrogens is 390 g/mol. The van der Waals surface area contributed by atoms with Crippen LogP contribution in [0.2, 0.25) is 0 Å². The Hall–Kier alpha value is -2.67. The maximum absolute atomic E-state index is 13.3. The lowest BCUT2D eigenvalue weighted by molar-refractivity contribution is 0.0365. The molecule has 1 saturated heterocycles. The van der Waals surface area contributed by atoms with Gasteiger partial charge in [0.15, 0.2) is 0 Å². The molecule has 1 aromatic heterocycles. The molecule has 0 bridgehead atoms. The zero-order chi connectivity index (χ0) is 21.6. The summed E-state index contributed by atoms with van der Waals surface area (Å²) in [6.45, 7) is 7.12. The lowest BCUT2D eigenvalue weighted by Gasteiger charge is -2.27. The van der Waals surface area contributed by atoms with Crippen molar-refractivity contribution in [1.29, 1.82) is 0 Å². The largest absolute Gasteiger partial charge is 0.394 e. The molecule has 0 aliphatic carbocycles. The number of ether oxygens (including phenoxy) is 1. The summed E-state index contributed by atoms with van der Waals surface area (Å²) in [5.74, 6) is -0.131. The molecule has 2 N–H and O–H groups in total. The minimum absolute atomic E-state index is 0.102. The molecule has 2 heterocycles. The second-order valence-electron chi connectivity index (χ2n) is 8.13. The molecule has 0 saturated carbocycles. The Morgan fingerprint density at radius 3 is 2.52 bits per heavy atom. The van der Waals surface area contributed by atoms with Crippen LogP contribution in [0.4, 0.5) is 0 Å². The van der Waals surface area contributed by atoms with Gasteiger partial charge in [-0.1, -0.05) is 48.5 Å². The third kappa shape index (κ3) is 4.98. The van der Waals surface area contributed by atoms with Gasteiger partial charge in [0, 0.05) is 42.8 Å². The topological polar surface area (TPSA) is 66.7 Å². The highest BCUT2D eigenvalue weighted by Gasteiger charge is 2.22. The van der Waals surface area contributed by atoms with Gasteiger partial charge in [-0.2, -0.15) is 0 Å². The van der Waals surface area contributed by atoms with Crippen LogP contribution in [0.3, 0.4) is 0 Å². The molecule has 4 rings (SSSR count). The lowest BCUT2D eigenvalue weighted by Crippen LogP contribution is -2.39. The van der Waals surface area contributed by atoms with Crippen LogP contribution in [0, 0.1) is 6.92 Å². The Bertz CT molecular complexity index is 1010. The number of rotatable bonds is 8. The van der Waals surface area contributed by atoms with Gasteiger partial charge < -0.3 is 19.7 Å². The molecule has 1 amide bonds. The molecular formula is C25H31N3O3. The number of morpholine rings is 1. The Morgan fingerprint density at radius 1 is 1.06 bits per heavy atom. The Labute approximate surface area is 183 Å². The summed E-state index contributed by atoms with van der Waals surface area (Å²) in [5.41, 5.74) is 3.82. The maximum atomic E-state index is 13.3. The van der Waals surface area contributed by atoms with Gasteiger partial charge in [-0.05, 0) is 25.0 Å². The van der Waals surface area contributed by atoms with Gasteiger partial charge in [0.25, 0.3) is 5.91 Å². The summed E-state index contributed by atoms with van der Waals surface area (Å²) in [6, 6.07) is 17.7. The van der Waals surface area contributed by atoms with Crippen LogP contribution in [0.1, 0.15) is 21.6 Å². The number of hydrogen-bond donors (Lipinski definition) is 2. The minimum atomic E-state index is -0.329. The molecule has 2 aromatic carbocycles. The fourth-order valence-electron chi connectivity index (χ4n) is 4.39. The SMILES string of the molecule is Cc1c(C(=O)N[C@H](CO)Cc2ccccc2)c2ccccc2n1CCN1CCOCC1. The van der Waals surface area contributed by atoms with Crippen molar-refractivity contribution in [3.63, 3.8) is 0 Å². The maximum Gasteiger partial charge on any atom is 0.254 e. The van der Waals surface area contributed by atoms with Gasteiger partial charge in [0.1, 0.15) is 0 Å². The van der Waals surface area contributed by atoms with E-state index in [0.717, 1.165) is 61.6 Å². The number of amides is 1. The summed E-state index contributed by atoms with van der Waals surface area (Å²) in [5, 5.41) is 13.9. The highest BCUT2D eigenvalue weighted by Crippen LogP contribution is 2.26. The van der Waals surface area contributed by atoms with E-state index in [1.807, 2.05) is 55.5 Å². The second-order valence-corrected chi connectivity index (χ2v) is 8.13. The lowest BCUT2D eigenvalue weighted by atomic mass is 10.1. The van der Waals surface area contributed by atoms with Gasteiger partial charge in [-0.25, -0.2) is 0 Å². The average Bonchev–Trinajstić information content (AvgIpc) is 3.09. The van der Waals surface area contributed by atoms with E-state index in [9.17, 15) is 9.90 Å². The predicted octanol–water partition coefficient (Wildman–Crippen LogP) is 2.62. The van der Waals surface area contributed by atoms with E-state index >= 15 is 0 Å². The van der Waals surface area contributed by atoms with Gasteiger partial charge in [-0.15, -0.1) is 0 Å². The van der Waals surface area contributed by atoms with Crippen LogP contribution >= 0.6 is 0 Å². The highest BCUT2D eigenvalue weighted by atomic mass is 16.5. The van der Waals surface area contributed by atoms with Gasteiger partial charge in [0.2, 0.25) is 0 Å². The molecule has 6 heteroatoms. The standard InChI is InChI=1S/C25H31N3O3/c1-19-24(25(30)26-21(18-29)17-20-7-3-2-4-8-20)22-9-5-6-10-23(22)28(19)12-11-27-13-15-31-16-14-27/h2-10,21,29H,11-18H2,1H3,(H,26,30)/t21-/m0/s1. The molecule has 1 atom stereocenters. The zero-order valence-corrected chi connectivity index (χ0v) is 18.1. The number of hydrogen-bond acceptors (Lipinski definition) is 4. The van der Waals surface area contributed by atoms with Crippen molar-refractivity contribution in [2.45, 2.75) is 25.9 Å². The predicted molar refractivity (Wildman–Crippen MR) is 122 cm³/mol. The van der Waals surface area contributed by atoms with Crippen LogP contribution < -0.4 is 5.32 Å². The van der Waals surface area contributed by atoms with Crippen molar-refractivity contribution in [1.82, 2.24) is 14.8 Å². The number of aliphatic hydroxyl groups excluding tert-OH is 1. The number of fused-ring (bicyclic) bond motifs is 1. The quantitative estimate of drug-likeness (QED) is 0.587. The Kier molecular flexibility index (Phi) is 7.02. The first kappa shape index (κ1) is 21.6. The number of aliphatic hydroxyl groups is 1. The molecule has 0 unspecified atom stereocenters. The normalized spacial score (nSPS) is 15.8. The minimum Gasteiger partial charge on any atom is -0.394 e. The van der Waals surface area contributed by atoms with Crippen molar-refractivity contribution in [2.24, 2.45) is 0 Å². The van der Waals surface area contributed by atoms with Crippen LogP contribution in [-0.4, -0.2) is 66.0 Å². The Balaban J connectivity index is 1.54. The first-order chi connectivity index (χ1) is 15.2. The number of aromatic nitrogens is 1. The molecule has 0 spiro atoms. The van der Waals surface area contributed by atoms with Gasteiger partial charge >= 0.3 is 0 Å². The number of para-hydroxylation sites is 1. The van der Waals surface area contributed by atoms with E-state index in [-0.39, 0.29) is 18.6 Å². The highest BCUT2D eigenvalue weighted by molar-refractivity contribution is 6.08. The zero-order valence-electron chi connectivity index (χ0n) is 18.1. The summed E-state index contributed by atoms with van der Waals surface area (Å²) >= 11 is 0. The fourth-order valence-corrected chi connectivity index (χ4v) is 4.39. The van der Waals surface area contributed by atoms with Gasteiger partial charge in [-0.3, -0.25) is 9.69 Å². The fraction of sp³-hybridized carbons (Fsp3) is 0.400. The number of carbonyl (C=O) groups is 1. The van der Waals surface area contributed by atoms with E-state index in [0.29, 0.717) is 12.0 Å². The number of nitrogens with one attached hydrogen (secondary N) is 1. The van der Waals surface area contributed by atoms with E-state index in [2.05, 4.69) is 20.9 Å². The number of nitrogens with zero attached hydrogens (tertiary/aromatic N) is 2. The van der Waals surface area contributed by atoms with Crippen LogP contribution in [0.5, 0.6) is 0 Å². The molecule has 1 fully saturated rings. The average molecular weight is 422 g/mol. The summed E-state index contributed by atoms with van der Waals surface area (Å²) in [7, 11) is 0. The molecule has 164 valence electrons. The van der Waals surface area contributed by atoms with E-state index in [1.165, 1.54) is 0 Å². The number of carbonyl (C=O) groups excluding carboxylic acids is 1. The summed E-state index contributed by atoms with van der Waals surface area (Å²) < 4.78 is 7.69. The second kappa shape index (κ2) is 10.1. The molecule has 31 heavy (non-hydrogen) atoms. The molecule has 3 aromatic rings. The van der Waals surface area contributed by atoms with Crippen LogP contribution in [-0.2, 0) is 17.7 Å². The van der Waals surface area contributed by atoms with Crippen molar-refractivity contribution >= 4 is 16.8 Å². The monoisotopic (exact) mass is 421 g/mol. The van der Waals surface area contributed by atoms with Crippen molar-refractivity contribution in [2.75, 3.05) is 39.5 Å². The number of benzene rings is 2.